The van der Waals surface area contributed by atoms with Crippen LogP contribution in [0.5, 0.6) is 23.0 Å². The van der Waals surface area contributed by atoms with E-state index in [0.717, 1.165) is 62.3 Å². The van der Waals surface area contributed by atoms with Crippen LogP contribution in [0.3, 0.4) is 0 Å². The molecule has 164 valence electrons. The molecule has 3 aromatic rings. The van der Waals surface area contributed by atoms with Gasteiger partial charge in [0.2, 0.25) is 0 Å². The maximum Gasteiger partial charge on any atom is 0.130 e. The van der Waals surface area contributed by atoms with E-state index < -0.39 is 0 Å². The van der Waals surface area contributed by atoms with Crippen molar-refractivity contribution >= 4 is 10.8 Å². The first-order chi connectivity index (χ1) is 14.8. The topological polar surface area (TPSA) is 51.2 Å². The molecule has 2 atom stereocenters. The number of phenolic OH excluding ortho intramolecular Hbond substituents is 1. The van der Waals surface area contributed by atoms with Crippen molar-refractivity contribution in [1.29, 1.82) is 0 Å². The number of aromatic hydroxyl groups is 1. The number of rotatable bonds is 4. The lowest BCUT2D eigenvalue weighted by molar-refractivity contribution is 0.175. The second-order valence-electron chi connectivity index (χ2n) is 8.41. The fraction of sp³-hybridized carbons (Fsp3) is 0.385. The van der Waals surface area contributed by atoms with Gasteiger partial charge in [0.15, 0.2) is 0 Å². The van der Waals surface area contributed by atoms with Gasteiger partial charge in [-0.3, -0.25) is 4.90 Å². The summed E-state index contributed by atoms with van der Waals surface area (Å²) in [5, 5.41) is 13.2. The molecule has 31 heavy (non-hydrogen) atoms. The second kappa shape index (κ2) is 7.97. The maximum absolute atomic E-state index is 11.3. The molecule has 5 nitrogen and oxygen atoms in total. The van der Waals surface area contributed by atoms with E-state index in [-0.39, 0.29) is 11.8 Å². The molecular formula is C26H31NO4. The van der Waals surface area contributed by atoms with Gasteiger partial charge in [0.05, 0.1) is 26.7 Å². The van der Waals surface area contributed by atoms with Crippen LogP contribution in [0.4, 0.5) is 0 Å². The highest BCUT2D eigenvalue weighted by atomic mass is 16.5. The number of methoxy groups -OCH3 is 3. The molecule has 1 N–H and O–H groups in total. The zero-order valence-electron chi connectivity index (χ0n) is 19.4. The quantitative estimate of drug-likeness (QED) is 0.604. The molecule has 0 aromatic heterocycles. The van der Waals surface area contributed by atoms with Gasteiger partial charge in [-0.05, 0) is 68.4 Å². The van der Waals surface area contributed by atoms with Gasteiger partial charge in [-0.1, -0.05) is 12.1 Å². The minimum absolute atomic E-state index is 0.174. The molecule has 0 bridgehead atoms. The summed E-state index contributed by atoms with van der Waals surface area (Å²) >= 11 is 0. The lowest BCUT2D eigenvalue weighted by Gasteiger charge is -2.39. The van der Waals surface area contributed by atoms with Crippen LogP contribution >= 0.6 is 0 Å². The number of likely N-dealkylation sites (N-methyl/N-ethyl adjacent to an activating group) is 1. The van der Waals surface area contributed by atoms with Crippen molar-refractivity contribution in [2.75, 3.05) is 28.4 Å². The summed E-state index contributed by atoms with van der Waals surface area (Å²) in [7, 11) is 7.15. The molecule has 5 heteroatoms. The third kappa shape index (κ3) is 3.19. The number of aryl methyl sites for hydroxylation is 1. The average molecular weight is 422 g/mol. The summed E-state index contributed by atoms with van der Waals surface area (Å²) in [4.78, 5) is 2.35. The number of fused-ring (bicyclic) bond motifs is 2. The van der Waals surface area contributed by atoms with Gasteiger partial charge in [0.25, 0.3) is 0 Å². The van der Waals surface area contributed by atoms with Crippen molar-refractivity contribution in [1.82, 2.24) is 4.90 Å². The fourth-order valence-corrected chi connectivity index (χ4v) is 5.06. The summed E-state index contributed by atoms with van der Waals surface area (Å²) in [5.74, 6) is 2.48. The van der Waals surface area contributed by atoms with E-state index in [4.69, 9.17) is 14.2 Å². The third-order valence-electron chi connectivity index (χ3n) is 6.83. The second-order valence-corrected chi connectivity index (χ2v) is 8.41. The number of ether oxygens (including phenoxy) is 3. The molecule has 0 radical (unpaired) electrons. The van der Waals surface area contributed by atoms with E-state index in [1.54, 1.807) is 27.4 Å². The predicted octanol–water partition coefficient (Wildman–Crippen LogP) is 5.48. The van der Waals surface area contributed by atoms with E-state index in [9.17, 15) is 5.11 Å². The van der Waals surface area contributed by atoms with Crippen molar-refractivity contribution in [2.45, 2.75) is 39.3 Å². The molecule has 0 amide bonds. The Labute approximate surface area is 184 Å². The monoisotopic (exact) mass is 421 g/mol. The number of nitrogens with zero attached hydrogens (tertiary/aromatic N) is 1. The zero-order chi connectivity index (χ0) is 22.4. The van der Waals surface area contributed by atoms with Gasteiger partial charge in [0.1, 0.15) is 23.0 Å². The largest absolute Gasteiger partial charge is 0.507 e. The Morgan fingerprint density at radius 1 is 0.935 bits per heavy atom. The van der Waals surface area contributed by atoms with Crippen LogP contribution in [-0.4, -0.2) is 44.4 Å². The van der Waals surface area contributed by atoms with E-state index in [2.05, 4.69) is 38.8 Å². The van der Waals surface area contributed by atoms with Crippen molar-refractivity contribution in [3.05, 3.63) is 47.0 Å². The smallest absolute Gasteiger partial charge is 0.130 e. The first-order valence-corrected chi connectivity index (χ1v) is 10.6. The Hall–Kier alpha value is -2.92. The van der Waals surface area contributed by atoms with Crippen LogP contribution in [0.2, 0.25) is 0 Å². The minimum atomic E-state index is 0.174. The molecule has 0 saturated carbocycles. The first kappa shape index (κ1) is 21.3. The number of phenols is 1. The van der Waals surface area contributed by atoms with Gasteiger partial charge in [-0.25, -0.2) is 0 Å². The molecule has 1 heterocycles. The van der Waals surface area contributed by atoms with E-state index in [1.807, 2.05) is 18.2 Å². The summed E-state index contributed by atoms with van der Waals surface area (Å²) in [6, 6.07) is 10.3. The standard InChI is InChI=1S/C26H31NO4/c1-14-11-21(30-6)26-17(9-8-10-20(26)29-5)23(14)25-18-12-15(2)27(4)16(3)24(18)22(31-7)13-19(25)28/h8-11,13,15-16,28H,12H2,1-7H3/t15-,16-/m0/s1. The third-order valence-corrected chi connectivity index (χ3v) is 6.83. The molecule has 0 unspecified atom stereocenters. The number of benzene rings is 3. The summed E-state index contributed by atoms with van der Waals surface area (Å²) in [6.07, 6.45) is 0.827. The molecule has 0 fully saturated rings. The predicted molar refractivity (Wildman–Crippen MR) is 125 cm³/mol. The zero-order valence-corrected chi connectivity index (χ0v) is 19.4. The van der Waals surface area contributed by atoms with Crippen LogP contribution in [0.1, 0.15) is 36.6 Å². The van der Waals surface area contributed by atoms with Crippen LogP contribution in [-0.2, 0) is 6.42 Å². The maximum atomic E-state index is 11.3. The minimum Gasteiger partial charge on any atom is -0.507 e. The molecule has 0 aliphatic carbocycles. The summed E-state index contributed by atoms with van der Waals surface area (Å²) < 4.78 is 17.1. The number of hydrogen-bond acceptors (Lipinski definition) is 5. The average Bonchev–Trinajstić information content (AvgIpc) is 2.76. The van der Waals surface area contributed by atoms with Crippen molar-refractivity contribution in [3.8, 4) is 34.1 Å². The molecule has 1 aliphatic rings. The summed E-state index contributed by atoms with van der Waals surface area (Å²) in [5.41, 5.74) is 5.21. The van der Waals surface area contributed by atoms with Gasteiger partial charge in [-0.2, -0.15) is 0 Å². The Balaban J connectivity index is 2.15. The lowest BCUT2D eigenvalue weighted by Crippen LogP contribution is -2.38. The Kier molecular flexibility index (Phi) is 5.48. The van der Waals surface area contributed by atoms with Crippen molar-refractivity contribution < 1.29 is 19.3 Å². The Morgan fingerprint density at radius 2 is 1.61 bits per heavy atom. The SMILES string of the molecule is COc1cc(O)c(-c2c(C)cc(OC)c3c(OC)cccc23)c2c1[C@H](C)N(C)[C@@H](C)C2. The normalized spacial score (nSPS) is 18.7. The van der Waals surface area contributed by atoms with Gasteiger partial charge < -0.3 is 19.3 Å². The highest BCUT2D eigenvalue weighted by Crippen LogP contribution is 2.50. The van der Waals surface area contributed by atoms with Gasteiger partial charge in [0, 0.05) is 29.3 Å². The van der Waals surface area contributed by atoms with E-state index >= 15 is 0 Å². The van der Waals surface area contributed by atoms with Crippen molar-refractivity contribution in [2.24, 2.45) is 0 Å². The lowest BCUT2D eigenvalue weighted by atomic mass is 9.81. The van der Waals surface area contributed by atoms with Crippen LogP contribution < -0.4 is 14.2 Å². The first-order valence-electron chi connectivity index (χ1n) is 10.6. The number of hydrogen-bond donors (Lipinski definition) is 1. The molecular weight excluding hydrogens is 390 g/mol. The highest BCUT2D eigenvalue weighted by Gasteiger charge is 2.33. The van der Waals surface area contributed by atoms with E-state index in [0.29, 0.717) is 6.04 Å². The van der Waals surface area contributed by atoms with Crippen LogP contribution in [0, 0.1) is 6.92 Å². The van der Waals surface area contributed by atoms with Gasteiger partial charge in [-0.15, -0.1) is 0 Å². The molecule has 1 aliphatic heterocycles. The fourth-order valence-electron chi connectivity index (χ4n) is 5.06. The molecule has 3 aromatic carbocycles. The van der Waals surface area contributed by atoms with Crippen molar-refractivity contribution in [3.63, 3.8) is 0 Å². The summed E-state index contributed by atoms with van der Waals surface area (Å²) in [6.45, 7) is 6.48. The van der Waals surface area contributed by atoms with Crippen LogP contribution in [0.15, 0.2) is 30.3 Å². The highest BCUT2D eigenvalue weighted by molar-refractivity contribution is 6.06. The Morgan fingerprint density at radius 3 is 2.26 bits per heavy atom. The Bertz CT molecular complexity index is 1150. The van der Waals surface area contributed by atoms with E-state index in [1.165, 1.54) is 0 Å². The van der Waals surface area contributed by atoms with Crippen LogP contribution in [0.25, 0.3) is 21.9 Å². The molecule has 0 spiro atoms. The van der Waals surface area contributed by atoms with Gasteiger partial charge >= 0.3 is 0 Å². The molecule has 4 rings (SSSR count). The molecule has 0 saturated heterocycles.